The molecule has 0 aliphatic heterocycles. The number of carboxylic acids is 1. The second-order valence-corrected chi connectivity index (χ2v) is 2.67. The fourth-order valence-corrected chi connectivity index (χ4v) is 0.959. The minimum absolute atomic E-state index is 0.0301. The molecule has 68 valence electrons. The van der Waals surface area contributed by atoms with Gasteiger partial charge in [0.05, 0.1) is 0 Å². The predicted molar refractivity (Wildman–Crippen MR) is 44.1 cm³/mol. The summed E-state index contributed by atoms with van der Waals surface area (Å²) in [4.78, 5) is 31.7. The fourth-order valence-electron chi connectivity index (χ4n) is 0.959. The molecule has 0 aromatic carbocycles. The summed E-state index contributed by atoms with van der Waals surface area (Å²) in [5, 5.41) is 8.36. The monoisotopic (exact) mass is 180 g/mol. The average Bonchev–Trinajstić information content (AvgIpc) is 2.07. The van der Waals surface area contributed by atoms with Crippen molar-refractivity contribution in [2.75, 3.05) is 0 Å². The summed E-state index contributed by atoms with van der Waals surface area (Å²) < 4.78 is 0. The van der Waals surface area contributed by atoms with E-state index in [9.17, 15) is 14.4 Å². The van der Waals surface area contributed by atoms with Crippen molar-refractivity contribution in [1.82, 2.24) is 0 Å². The van der Waals surface area contributed by atoms with E-state index in [1.54, 1.807) is 0 Å². The standard InChI is InChI=1S/C9H8O4/c10-7-3-1-6(5-8(7)11)2-4-9(12)13/h1,3,5H,2,4H2,(H,12,13). The first-order chi connectivity index (χ1) is 6.09. The number of ketones is 2. The average molecular weight is 180 g/mol. The van der Waals surface area contributed by atoms with Crippen molar-refractivity contribution in [1.29, 1.82) is 0 Å². The molecule has 0 bridgehead atoms. The SMILES string of the molecule is O=C(O)CCC1=CC(=O)C(=O)C=C1. The van der Waals surface area contributed by atoms with Crippen molar-refractivity contribution in [3.05, 3.63) is 23.8 Å². The minimum Gasteiger partial charge on any atom is -0.481 e. The smallest absolute Gasteiger partial charge is 0.303 e. The summed E-state index contributed by atoms with van der Waals surface area (Å²) in [6, 6.07) is 0. The van der Waals surface area contributed by atoms with Gasteiger partial charge in [-0.2, -0.15) is 0 Å². The second kappa shape index (κ2) is 3.80. The molecule has 0 aromatic rings. The van der Waals surface area contributed by atoms with Crippen LogP contribution in [0.3, 0.4) is 0 Å². The molecule has 1 rings (SSSR count). The zero-order chi connectivity index (χ0) is 9.84. The van der Waals surface area contributed by atoms with Crippen LogP contribution >= 0.6 is 0 Å². The highest BCUT2D eigenvalue weighted by Crippen LogP contribution is 2.11. The van der Waals surface area contributed by atoms with E-state index >= 15 is 0 Å². The summed E-state index contributed by atoms with van der Waals surface area (Å²) in [6.45, 7) is 0. The van der Waals surface area contributed by atoms with E-state index < -0.39 is 17.5 Å². The van der Waals surface area contributed by atoms with Gasteiger partial charge in [0, 0.05) is 6.42 Å². The van der Waals surface area contributed by atoms with Crippen LogP contribution in [0.5, 0.6) is 0 Å². The third-order valence-electron chi connectivity index (χ3n) is 1.64. The maximum atomic E-state index is 10.8. The zero-order valence-electron chi connectivity index (χ0n) is 6.82. The Balaban J connectivity index is 2.58. The first-order valence-electron chi connectivity index (χ1n) is 3.78. The number of aliphatic carboxylic acids is 1. The maximum absolute atomic E-state index is 10.8. The molecule has 0 fully saturated rings. The molecular weight excluding hydrogens is 172 g/mol. The van der Waals surface area contributed by atoms with Crippen LogP contribution in [0.2, 0.25) is 0 Å². The normalized spacial score (nSPS) is 15.8. The lowest BCUT2D eigenvalue weighted by molar-refractivity contribution is -0.137. The van der Waals surface area contributed by atoms with Gasteiger partial charge in [-0.05, 0) is 24.1 Å². The molecule has 0 saturated heterocycles. The molecule has 13 heavy (non-hydrogen) atoms. The van der Waals surface area contributed by atoms with Crippen LogP contribution in [0.15, 0.2) is 23.8 Å². The van der Waals surface area contributed by atoms with Gasteiger partial charge in [0.2, 0.25) is 11.6 Å². The van der Waals surface area contributed by atoms with Gasteiger partial charge >= 0.3 is 5.97 Å². The first-order valence-corrected chi connectivity index (χ1v) is 3.78. The van der Waals surface area contributed by atoms with Crippen molar-refractivity contribution >= 4 is 17.5 Å². The molecule has 0 spiro atoms. The Kier molecular flexibility index (Phi) is 2.74. The van der Waals surface area contributed by atoms with Crippen LogP contribution in [0.25, 0.3) is 0 Å². The summed E-state index contributed by atoms with van der Waals surface area (Å²) in [5.41, 5.74) is 0.590. The Morgan fingerprint density at radius 3 is 2.46 bits per heavy atom. The molecule has 0 saturated carbocycles. The molecule has 4 heteroatoms. The van der Waals surface area contributed by atoms with Crippen LogP contribution in [0, 0.1) is 0 Å². The quantitative estimate of drug-likeness (QED) is 0.506. The summed E-state index contributed by atoms with van der Waals surface area (Å²) in [6.07, 6.45) is 4.08. The lowest BCUT2D eigenvalue weighted by atomic mass is 10.0. The van der Waals surface area contributed by atoms with Gasteiger partial charge < -0.3 is 5.11 Å². The molecule has 0 atom stereocenters. The van der Waals surface area contributed by atoms with Gasteiger partial charge in [-0.15, -0.1) is 0 Å². The Hall–Kier alpha value is -1.71. The van der Waals surface area contributed by atoms with Gasteiger partial charge in [-0.3, -0.25) is 14.4 Å². The van der Waals surface area contributed by atoms with Crippen LogP contribution < -0.4 is 0 Å². The number of carbonyl (C=O) groups excluding carboxylic acids is 2. The number of hydrogen-bond donors (Lipinski definition) is 1. The van der Waals surface area contributed by atoms with Crippen LogP contribution in [0.1, 0.15) is 12.8 Å². The molecule has 0 heterocycles. The maximum Gasteiger partial charge on any atom is 0.303 e. The molecule has 1 aliphatic carbocycles. The van der Waals surface area contributed by atoms with E-state index in [0.717, 1.165) is 0 Å². The van der Waals surface area contributed by atoms with Crippen LogP contribution in [-0.2, 0) is 14.4 Å². The molecule has 0 radical (unpaired) electrons. The Bertz CT molecular complexity index is 323. The number of carboxylic acid groups (broad SMARTS) is 1. The Morgan fingerprint density at radius 2 is 1.92 bits per heavy atom. The molecule has 0 amide bonds. The molecule has 0 aromatic heterocycles. The van der Waals surface area contributed by atoms with Gasteiger partial charge in [0.1, 0.15) is 0 Å². The highest BCUT2D eigenvalue weighted by atomic mass is 16.4. The van der Waals surface area contributed by atoms with Crippen molar-refractivity contribution in [3.8, 4) is 0 Å². The number of rotatable bonds is 3. The Labute approximate surface area is 74.6 Å². The predicted octanol–water partition coefficient (Wildman–Crippen LogP) is 0.486. The number of carbonyl (C=O) groups is 3. The van der Waals surface area contributed by atoms with E-state index in [4.69, 9.17) is 5.11 Å². The second-order valence-electron chi connectivity index (χ2n) is 2.67. The van der Waals surface area contributed by atoms with Gasteiger partial charge in [-0.25, -0.2) is 0 Å². The zero-order valence-corrected chi connectivity index (χ0v) is 6.82. The summed E-state index contributed by atoms with van der Waals surface area (Å²) in [7, 11) is 0. The van der Waals surface area contributed by atoms with Crippen molar-refractivity contribution in [2.45, 2.75) is 12.8 Å². The Morgan fingerprint density at radius 1 is 1.23 bits per heavy atom. The fraction of sp³-hybridized carbons (Fsp3) is 0.222. The van der Waals surface area contributed by atoms with E-state index in [1.807, 2.05) is 0 Å². The third kappa shape index (κ3) is 2.66. The van der Waals surface area contributed by atoms with Gasteiger partial charge in [-0.1, -0.05) is 6.08 Å². The largest absolute Gasteiger partial charge is 0.481 e. The van der Waals surface area contributed by atoms with Crippen molar-refractivity contribution in [3.63, 3.8) is 0 Å². The molecule has 1 N–H and O–H groups in total. The molecule has 1 aliphatic rings. The van der Waals surface area contributed by atoms with Gasteiger partial charge in [0.15, 0.2) is 0 Å². The number of hydrogen-bond acceptors (Lipinski definition) is 3. The molecule has 4 nitrogen and oxygen atoms in total. The highest BCUT2D eigenvalue weighted by Gasteiger charge is 2.13. The van der Waals surface area contributed by atoms with E-state index in [0.29, 0.717) is 5.57 Å². The minimum atomic E-state index is -0.918. The molecule has 0 unspecified atom stereocenters. The van der Waals surface area contributed by atoms with Crippen molar-refractivity contribution < 1.29 is 19.5 Å². The summed E-state index contributed by atoms with van der Waals surface area (Å²) >= 11 is 0. The van der Waals surface area contributed by atoms with Crippen LogP contribution in [-0.4, -0.2) is 22.6 Å². The lowest BCUT2D eigenvalue weighted by Gasteiger charge is -2.02. The summed E-state index contributed by atoms with van der Waals surface area (Å²) in [5.74, 6) is -2.05. The van der Waals surface area contributed by atoms with Crippen molar-refractivity contribution in [2.24, 2.45) is 0 Å². The lowest BCUT2D eigenvalue weighted by Crippen LogP contribution is -2.12. The topological polar surface area (TPSA) is 71.4 Å². The van der Waals surface area contributed by atoms with E-state index in [2.05, 4.69) is 0 Å². The molecular formula is C9H8O4. The van der Waals surface area contributed by atoms with E-state index in [1.165, 1.54) is 18.2 Å². The third-order valence-corrected chi connectivity index (χ3v) is 1.64. The highest BCUT2D eigenvalue weighted by molar-refractivity contribution is 6.46. The first kappa shape index (κ1) is 9.38. The van der Waals surface area contributed by atoms with Gasteiger partial charge in [0.25, 0.3) is 0 Å². The number of allylic oxidation sites excluding steroid dienone is 4. The van der Waals surface area contributed by atoms with Crippen LogP contribution in [0.4, 0.5) is 0 Å². The van der Waals surface area contributed by atoms with E-state index in [-0.39, 0.29) is 12.8 Å².